The van der Waals surface area contributed by atoms with Gasteiger partial charge < -0.3 is 5.11 Å². The second-order valence-corrected chi connectivity index (χ2v) is 3.65. The third-order valence-electron chi connectivity index (χ3n) is 2.24. The molecule has 0 aliphatic heterocycles. The third-order valence-corrected chi connectivity index (χ3v) is 2.24. The minimum Gasteiger partial charge on any atom is -0.462 e. The second kappa shape index (κ2) is 5.94. The van der Waals surface area contributed by atoms with E-state index in [0.717, 1.165) is 19.3 Å². The molecule has 0 amide bonds. The average molecular weight is 168 g/mol. The highest BCUT2D eigenvalue weighted by atomic mass is 16.2. The molecular formula is C11H20O. The van der Waals surface area contributed by atoms with E-state index in [1.54, 1.807) is 0 Å². The van der Waals surface area contributed by atoms with E-state index >= 15 is 0 Å². The molecule has 0 spiro atoms. The van der Waals surface area contributed by atoms with Gasteiger partial charge >= 0.3 is 0 Å². The van der Waals surface area contributed by atoms with Crippen molar-refractivity contribution in [3.8, 4) is 12.0 Å². The number of unbranched alkanes of at least 4 members (excludes halogenated alkanes) is 1. The first kappa shape index (κ1) is 11.4. The van der Waals surface area contributed by atoms with Crippen LogP contribution in [0.4, 0.5) is 0 Å². The van der Waals surface area contributed by atoms with Crippen LogP contribution in [0.1, 0.15) is 52.9 Å². The minimum absolute atomic E-state index is 0.0412. The van der Waals surface area contributed by atoms with Crippen molar-refractivity contribution >= 4 is 0 Å². The molecule has 0 aromatic heterocycles. The highest BCUT2D eigenvalue weighted by Crippen LogP contribution is 2.28. The Labute approximate surface area is 76.2 Å². The van der Waals surface area contributed by atoms with Gasteiger partial charge in [-0.25, -0.2) is 0 Å². The zero-order valence-electron chi connectivity index (χ0n) is 8.48. The first-order valence-electron chi connectivity index (χ1n) is 4.84. The van der Waals surface area contributed by atoms with Gasteiger partial charge in [0.1, 0.15) is 6.11 Å². The Hall–Kier alpha value is -0.640. The van der Waals surface area contributed by atoms with Gasteiger partial charge in [0.25, 0.3) is 0 Å². The highest BCUT2D eigenvalue weighted by Gasteiger charge is 2.19. The van der Waals surface area contributed by atoms with Crippen LogP contribution in [0, 0.1) is 17.4 Å². The fourth-order valence-electron chi connectivity index (χ4n) is 1.50. The van der Waals surface area contributed by atoms with Crippen LogP contribution >= 0.6 is 0 Å². The monoisotopic (exact) mass is 168 g/mol. The molecule has 0 saturated heterocycles. The number of aliphatic hydroxyl groups excluding tert-OH is 1. The molecule has 1 nitrogen and oxygen atoms in total. The lowest BCUT2D eigenvalue weighted by Crippen LogP contribution is -2.13. The van der Waals surface area contributed by atoms with Gasteiger partial charge in [0.15, 0.2) is 0 Å². The Morgan fingerprint density at radius 1 is 1.17 bits per heavy atom. The van der Waals surface area contributed by atoms with Gasteiger partial charge in [-0.05, 0) is 19.8 Å². The lowest BCUT2D eigenvalue weighted by molar-refractivity contribution is 0.357. The Bertz CT molecular complexity index is 164. The molecule has 0 rings (SSSR count). The molecule has 12 heavy (non-hydrogen) atoms. The molecule has 1 N–H and O–H groups in total. The lowest BCUT2D eigenvalue weighted by Gasteiger charge is -2.21. The zero-order valence-corrected chi connectivity index (χ0v) is 8.48. The molecule has 0 aliphatic carbocycles. The minimum atomic E-state index is 0.0412. The fraction of sp³-hybridized carbons (Fsp3) is 0.818. The molecule has 70 valence electrons. The number of hydrogen-bond donors (Lipinski definition) is 1. The Kier molecular flexibility index (Phi) is 5.62. The molecule has 0 bridgehead atoms. The fourth-order valence-corrected chi connectivity index (χ4v) is 1.50. The van der Waals surface area contributed by atoms with Crippen LogP contribution in [0.3, 0.4) is 0 Å². The van der Waals surface area contributed by atoms with Gasteiger partial charge in [0, 0.05) is 5.41 Å². The molecule has 0 aromatic carbocycles. The maximum atomic E-state index is 8.57. The van der Waals surface area contributed by atoms with Crippen molar-refractivity contribution < 1.29 is 5.11 Å². The van der Waals surface area contributed by atoms with Gasteiger partial charge in [-0.15, -0.1) is 0 Å². The van der Waals surface area contributed by atoms with Crippen molar-refractivity contribution in [2.75, 3.05) is 0 Å². The van der Waals surface area contributed by atoms with E-state index in [0.29, 0.717) is 0 Å². The Balaban J connectivity index is 4.05. The molecule has 0 aromatic rings. The van der Waals surface area contributed by atoms with E-state index in [4.69, 9.17) is 5.11 Å². The van der Waals surface area contributed by atoms with E-state index in [9.17, 15) is 0 Å². The summed E-state index contributed by atoms with van der Waals surface area (Å²) in [6.45, 7) is 6.47. The summed E-state index contributed by atoms with van der Waals surface area (Å²) in [5.41, 5.74) is 0.0412. The molecule has 1 heteroatoms. The maximum Gasteiger partial charge on any atom is 0.108 e. The first-order valence-corrected chi connectivity index (χ1v) is 4.84. The predicted octanol–water partition coefficient (Wildman–Crippen LogP) is 3.32. The quantitative estimate of drug-likeness (QED) is 0.624. The van der Waals surface area contributed by atoms with E-state index in [2.05, 4.69) is 32.8 Å². The average Bonchev–Trinajstić information content (AvgIpc) is 2.02. The molecule has 0 saturated carbocycles. The van der Waals surface area contributed by atoms with E-state index in [1.807, 2.05) is 0 Å². The lowest BCUT2D eigenvalue weighted by atomic mass is 9.82. The van der Waals surface area contributed by atoms with Crippen LogP contribution in [0.5, 0.6) is 0 Å². The van der Waals surface area contributed by atoms with E-state index in [1.165, 1.54) is 12.8 Å². The van der Waals surface area contributed by atoms with Gasteiger partial charge in [-0.3, -0.25) is 0 Å². The summed E-state index contributed by atoms with van der Waals surface area (Å²) in [5.74, 6) is 2.90. The van der Waals surface area contributed by atoms with Crippen molar-refractivity contribution in [2.45, 2.75) is 52.9 Å². The SMILES string of the molecule is CCCCC(C)(C#CO)CCC. The van der Waals surface area contributed by atoms with Crippen molar-refractivity contribution in [3.63, 3.8) is 0 Å². The maximum absolute atomic E-state index is 8.57. The molecule has 0 aliphatic rings. The normalized spacial score (nSPS) is 14.6. The van der Waals surface area contributed by atoms with Gasteiger partial charge in [-0.2, -0.15) is 0 Å². The van der Waals surface area contributed by atoms with Crippen LogP contribution in [0.25, 0.3) is 0 Å². The molecular weight excluding hydrogens is 148 g/mol. The van der Waals surface area contributed by atoms with Gasteiger partial charge in [-0.1, -0.05) is 39.0 Å². The summed E-state index contributed by atoms with van der Waals surface area (Å²) >= 11 is 0. The van der Waals surface area contributed by atoms with Gasteiger partial charge in [0.2, 0.25) is 0 Å². The molecule has 0 fully saturated rings. The Morgan fingerprint density at radius 3 is 2.25 bits per heavy atom. The highest BCUT2D eigenvalue weighted by molar-refractivity contribution is 5.05. The summed E-state index contributed by atoms with van der Waals surface area (Å²) in [6.07, 6.45) is 7.77. The summed E-state index contributed by atoms with van der Waals surface area (Å²) < 4.78 is 0. The van der Waals surface area contributed by atoms with Crippen LogP contribution in [0.15, 0.2) is 0 Å². The van der Waals surface area contributed by atoms with Crippen molar-refractivity contribution in [3.05, 3.63) is 0 Å². The second-order valence-electron chi connectivity index (χ2n) is 3.65. The van der Waals surface area contributed by atoms with E-state index in [-0.39, 0.29) is 5.41 Å². The smallest absolute Gasteiger partial charge is 0.108 e. The molecule has 0 radical (unpaired) electrons. The topological polar surface area (TPSA) is 20.2 Å². The largest absolute Gasteiger partial charge is 0.462 e. The van der Waals surface area contributed by atoms with Crippen molar-refractivity contribution in [1.82, 2.24) is 0 Å². The van der Waals surface area contributed by atoms with Crippen molar-refractivity contribution in [1.29, 1.82) is 0 Å². The van der Waals surface area contributed by atoms with Crippen LogP contribution in [-0.2, 0) is 0 Å². The first-order chi connectivity index (χ1) is 5.68. The van der Waals surface area contributed by atoms with Crippen LogP contribution in [0.2, 0.25) is 0 Å². The predicted molar refractivity (Wildman–Crippen MR) is 52.3 cm³/mol. The molecule has 1 unspecified atom stereocenters. The van der Waals surface area contributed by atoms with E-state index < -0.39 is 0 Å². The number of aliphatic hydroxyl groups is 1. The summed E-state index contributed by atoms with van der Waals surface area (Å²) in [7, 11) is 0. The third kappa shape index (κ3) is 4.28. The summed E-state index contributed by atoms with van der Waals surface area (Å²) in [5, 5.41) is 8.57. The standard InChI is InChI=1S/C11H20O/c1-4-6-8-11(3,7-5-2)9-10-12/h12H,4-8H2,1-3H3. The Morgan fingerprint density at radius 2 is 1.83 bits per heavy atom. The van der Waals surface area contributed by atoms with Crippen LogP contribution < -0.4 is 0 Å². The van der Waals surface area contributed by atoms with Crippen LogP contribution in [-0.4, -0.2) is 5.11 Å². The number of hydrogen-bond acceptors (Lipinski definition) is 1. The van der Waals surface area contributed by atoms with Gasteiger partial charge in [0.05, 0.1) is 0 Å². The molecule has 0 heterocycles. The summed E-state index contributed by atoms with van der Waals surface area (Å²) in [6, 6.07) is 0. The molecule has 1 atom stereocenters. The number of rotatable bonds is 5. The zero-order chi connectivity index (χ0) is 9.45. The van der Waals surface area contributed by atoms with Crippen molar-refractivity contribution in [2.24, 2.45) is 5.41 Å². The summed E-state index contributed by atoms with van der Waals surface area (Å²) in [4.78, 5) is 0.